The zero-order valence-corrected chi connectivity index (χ0v) is 20.0. The van der Waals surface area contributed by atoms with Gasteiger partial charge in [-0.3, -0.25) is 4.72 Å². The van der Waals surface area contributed by atoms with Crippen LogP contribution in [0.15, 0.2) is 58.3 Å². The minimum Gasteiger partial charge on any atom is -0.476 e. The first-order chi connectivity index (χ1) is 15.4. The van der Waals surface area contributed by atoms with Crippen LogP contribution < -0.4 is 14.4 Å². The normalized spacial score (nSPS) is 13.5. The van der Waals surface area contributed by atoms with Gasteiger partial charge in [-0.15, -0.1) is 11.8 Å². The molecule has 0 spiro atoms. The van der Waals surface area contributed by atoms with Gasteiger partial charge in [0.2, 0.25) is 5.83 Å². The van der Waals surface area contributed by atoms with E-state index in [1.807, 2.05) is 13.0 Å². The van der Waals surface area contributed by atoms with Crippen molar-refractivity contribution < 1.29 is 23.4 Å². The largest absolute Gasteiger partial charge is 0.476 e. The van der Waals surface area contributed by atoms with Crippen LogP contribution >= 0.6 is 23.7 Å². The predicted octanol–water partition coefficient (Wildman–Crippen LogP) is 6.77. The van der Waals surface area contributed by atoms with Crippen LogP contribution in [0.2, 0.25) is 0 Å². The summed E-state index contributed by atoms with van der Waals surface area (Å²) in [5.74, 6) is -2.23. The summed E-state index contributed by atoms with van der Waals surface area (Å²) in [6.45, 7) is 7.70. The Hall–Kier alpha value is -2.23. The maximum Gasteiger partial charge on any atom is 0.368 e. The number of rotatable bonds is 7. The van der Waals surface area contributed by atoms with Crippen LogP contribution in [0.5, 0.6) is 5.75 Å². The SMILES string of the molecule is CCCC.CCSc1cc2c(cc1O/C=C(\F)C(=O)O)SNCCN2c1ccc(F)cc1. The van der Waals surface area contributed by atoms with Crippen LogP contribution in [0.4, 0.5) is 20.2 Å². The van der Waals surface area contributed by atoms with Crippen LogP contribution in [-0.2, 0) is 4.79 Å². The number of halogens is 2. The van der Waals surface area contributed by atoms with Crippen molar-refractivity contribution in [2.75, 3.05) is 23.7 Å². The molecule has 0 unspecified atom stereocenters. The van der Waals surface area contributed by atoms with Gasteiger partial charge in [-0.1, -0.05) is 33.6 Å². The van der Waals surface area contributed by atoms with E-state index in [0.717, 1.165) is 26.9 Å². The Morgan fingerprint density at radius 2 is 1.94 bits per heavy atom. The summed E-state index contributed by atoms with van der Waals surface area (Å²) >= 11 is 2.91. The summed E-state index contributed by atoms with van der Waals surface area (Å²) in [6.07, 6.45) is 3.23. The number of anilines is 2. The van der Waals surface area contributed by atoms with Crippen molar-refractivity contribution in [3.8, 4) is 5.75 Å². The second kappa shape index (κ2) is 13.3. The number of benzene rings is 2. The third-order valence-electron chi connectivity index (χ3n) is 4.37. The van der Waals surface area contributed by atoms with Gasteiger partial charge < -0.3 is 14.7 Å². The van der Waals surface area contributed by atoms with E-state index in [-0.39, 0.29) is 5.82 Å². The fourth-order valence-corrected chi connectivity index (χ4v) is 4.19. The van der Waals surface area contributed by atoms with Crippen molar-refractivity contribution in [1.82, 2.24) is 4.72 Å². The van der Waals surface area contributed by atoms with Crippen LogP contribution in [0.25, 0.3) is 0 Å². The number of carboxylic acids is 1. The van der Waals surface area contributed by atoms with Crippen molar-refractivity contribution in [2.24, 2.45) is 0 Å². The van der Waals surface area contributed by atoms with Crippen molar-refractivity contribution in [1.29, 1.82) is 0 Å². The lowest BCUT2D eigenvalue weighted by atomic mass is 10.2. The van der Waals surface area contributed by atoms with Crippen molar-refractivity contribution in [3.63, 3.8) is 0 Å². The summed E-state index contributed by atoms with van der Waals surface area (Å²) in [4.78, 5) is 14.3. The molecule has 9 heteroatoms. The molecule has 0 atom stereocenters. The number of nitrogens with one attached hydrogen (secondary N) is 1. The summed E-state index contributed by atoms with van der Waals surface area (Å²) < 4.78 is 35.2. The predicted molar refractivity (Wildman–Crippen MR) is 128 cm³/mol. The second-order valence-electron chi connectivity index (χ2n) is 6.71. The van der Waals surface area contributed by atoms with Gasteiger partial charge in [0.15, 0.2) is 0 Å². The van der Waals surface area contributed by atoms with Crippen molar-refractivity contribution in [2.45, 2.75) is 43.4 Å². The molecule has 0 saturated carbocycles. The van der Waals surface area contributed by atoms with Gasteiger partial charge in [0.05, 0.1) is 15.5 Å². The third kappa shape index (κ3) is 7.43. The smallest absolute Gasteiger partial charge is 0.368 e. The molecule has 2 aromatic rings. The number of carbonyl (C=O) groups is 1. The Bertz CT molecular complexity index is 922. The molecule has 0 bridgehead atoms. The van der Waals surface area contributed by atoms with Crippen LogP contribution in [-0.4, -0.2) is 29.9 Å². The Morgan fingerprint density at radius 3 is 2.53 bits per heavy atom. The Morgan fingerprint density at radius 1 is 1.25 bits per heavy atom. The number of unbranched alkanes of at least 4 members (excludes halogenated alkanes) is 1. The van der Waals surface area contributed by atoms with Crippen molar-refractivity contribution >= 4 is 41.1 Å². The van der Waals surface area contributed by atoms with Gasteiger partial charge in [-0.05, 0) is 54.1 Å². The Kier molecular flexibility index (Phi) is 10.9. The molecule has 0 radical (unpaired) electrons. The quantitative estimate of drug-likeness (QED) is 0.195. The number of carboxylic acid groups (broad SMARTS) is 1. The summed E-state index contributed by atoms with van der Waals surface area (Å²) in [5, 5.41) is 8.67. The summed E-state index contributed by atoms with van der Waals surface area (Å²) in [5.41, 5.74) is 1.76. The number of hydrogen-bond acceptors (Lipinski definition) is 6. The topological polar surface area (TPSA) is 61.8 Å². The van der Waals surface area contributed by atoms with Gasteiger partial charge in [0, 0.05) is 18.8 Å². The maximum absolute atomic E-state index is 13.3. The van der Waals surface area contributed by atoms with Gasteiger partial charge in [0.1, 0.15) is 17.8 Å². The molecule has 0 aliphatic carbocycles. The first-order valence-electron chi connectivity index (χ1n) is 10.4. The molecule has 5 nitrogen and oxygen atoms in total. The summed E-state index contributed by atoms with van der Waals surface area (Å²) in [7, 11) is 0. The van der Waals surface area contributed by atoms with E-state index in [1.54, 1.807) is 18.2 Å². The van der Waals surface area contributed by atoms with Crippen LogP contribution in [0.1, 0.15) is 33.6 Å². The molecule has 174 valence electrons. The van der Waals surface area contributed by atoms with E-state index in [4.69, 9.17) is 9.84 Å². The molecule has 0 amide bonds. The molecular weight excluding hydrogens is 454 g/mol. The van der Waals surface area contributed by atoms with Crippen LogP contribution in [0, 0.1) is 5.82 Å². The average Bonchev–Trinajstić information content (AvgIpc) is 3.00. The summed E-state index contributed by atoms with van der Waals surface area (Å²) in [6, 6.07) is 9.94. The van der Waals surface area contributed by atoms with E-state index in [9.17, 15) is 13.6 Å². The number of thioether (sulfide) groups is 1. The number of hydrogen-bond donors (Lipinski definition) is 2. The molecule has 1 aliphatic rings. The first-order valence-corrected chi connectivity index (χ1v) is 12.2. The fourth-order valence-electron chi connectivity index (χ4n) is 2.65. The molecule has 0 aromatic heterocycles. The highest BCUT2D eigenvalue weighted by Crippen LogP contribution is 2.43. The number of aliphatic carboxylic acids is 1. The minimum absolute atomic E-state index is 0.301. The fraction of sp³-hybridized carbons (Fsp3) is 0.348. The standard InChI is InChI=1S/C19H18F2N2O3S2.C4H10/c1-2-27-18-9-15-17(10-16(18)26-11-14(21)19(24)25)28-22-7-8-23(15)13-5-3-12(20)4-6-13;1-3-4-2/h3-6,9-11,22H,2,7-8H2,1H3,(H,24,25);3-4H2,1-2H3/b14-11-;. The van der Waals surface area contributed by atoms with E-state index in [0.29, 0.717) is 25.1 Å². The molecule has 1 aliphatic heterocycles. The first kappa shape index (κ1) is 26.0. The lowest BCUT2D eigenvalue weighted by molar-refractivity contribution is -0.134. The molecule has 1 heterocycles. The molecular formula is C23H28F2N2O3S2. The Labute approximate surface area is 196 Å². The lowest BCUT2D eigenvalue weighted by Gasteiger charge is -2.25. The van der Waals surface area contributed by atoms with Gasteiger partial charge in [-0.25, -0.2) is 9.18 Å². The van der Waals surface area contributed by atoms with Gasteiger partial charge >= 0.3 is 5.97 Å². The van der Waals surface area contributed by atoms with Crippen LogP contribution in [0.3, 0.4) is 0 Å². The van der Waals surface area contributed by atoms with Crippen molar-refractivity contribution in [3.05, 3.63) is 54.3 Å². The lowest BCUT2D eigenvalue weighted by Crippen LogP contribution is -2.23. The molecule has 2 N–H and O–H groups in total. The Balaban J connectivity index is 0.000000837. The number of fused-ring (bicyclic) bond motifs is 1. The molecule has 0 saturated heterocycles. The molecule has 32 heavy (non-hydrogen) atoms. The monoisotopic (exact) mass is 482 g/mol. The highest BCUT2D eigenvalue weighted by atomic mass is 32.2. The van der Waals surface area contributed by atoms with E-state index < -0.39 is 11.8 Å². The van der Waals surface area contributed by atoms with E-state index in [2.05, 4.69) is 23.5 Å². The molecule has 2 aromatic carbocycles. The van der Waals surface area contributed by atoms with E-state index in [1.165, 1.54) is 48.7 Å². The highest BCUT2D eigenvalue weighted by molar-refractivity contribution is 7.99. The second-order valence-corrected chi connectivity index (χ2v) is 8.95. The average molecular weight is 483 g/mol. The van der Waals surface area contributed by atoms with E-state index >= 15 is 0 Å². The minimum atomic E-state index is -1.68. The number of nitrogens with zero attached hydrogens (tertiary/aromatic N) is 1. The third-order valence-corrected chi connectivity index (χ3v) is 6.18. The zero-order chi connectivity index (χ0) is 23.5. The van der Waals surface area contributed by atoms with Gasteiger partial charge in [0.25, 0.3) is 0 Å². The molecule has 3 rings (SSSR count). The number of ether oxygens (including phenoxy) is 1. The maximum atomic E-state index is 13.3. The molecule has 0 fully saturated rings. The highest BCUT2D eigenvalue weighted by Gasteiger charge is 2.21. The zero-order valence-electron chi connectivity index (χ0n) is 18.4. The van der Waals surface area contributed by atoms with Gasteiger partial charge in [-0.2, -0.15) is 4.39 Å².